The minimum Gasteiger partial charge on any atom is -0.228 e. The van der Waals surface area contributed by atoms with E-state index in [9.17, 15) is 0 Å². The van der Waals surface area contributed by atoms with E-state index in [0.717, 1.165) is 50.3 Å². The lowest BCUT2D eigenvalue weighted by atomic mass is 9.79. The number of nitrogens with zero attached hydrogens (tertiary/aromatic N) is 2. The fourth-order valence-corrected chi connectivity index (χ4v) is 8.59. The number of benzene rings is 8. The maximum absolute atomic E-state index is 5.22. The molecule has 10 rings (SSSR count). The van der Waals surface area contributed by atoms with Crippen molar-refractivity contribution < 1.29 is 0 Å². The molecule has 2 nitrogen and oxygen atoms in total. The lowest BCUT2D eigenvalue weighted by Crippen LogP contribution is -2.16. The Labute approximate surface area is 334 Å². The fourth-order valence-electron chi connectivity index (χ4n) is 8.59. The van der Waals surface area contributed by atoms with Crippen LogP contribution in [0, 0.1) is 0 Å². The summed E-state index contributed by atoms with van der Waals surface area (Å²) in [5.41, 5.74) is 19.8. The van der Waals surface area contributed by atoms with Gasteiger partial charge < -0.3 is 0 Å². The van der Waals surface area contributed by atoms with Gasteiger partial charge in [-0.2, -0.15) is 0 Å². The molecule has 57 heavy (non-hydrogen) atoms. The van der Waals surface area contributed by atoms with Gasteiger partial charge in [0.2, 0.25) is 0 Å². The SMILES string of the molecule is CC1(C)c2ccccc2-c2cccc(-c3ccc(-c4cccc(-c5cc(-c6cccc(-c7ccccc7)c6)nc(-c6ccc(-c7ccccc7)cc6)n5)c4)cc3)c21. The van der Waals surface area contributed by atoms with Crippen molar-refractivity contribution in [3.8, 4) is 89.5 Å². The first-order valence-corrected chi connectivity index (χ1v) is 19.6. The second kappa shape index (κ2) is 14.2. The quantitative estimate of drug-likeness (QED) is 0.163. The molecule has 0 spiro atoms. The monoisotopic (exact) mass is 728 g/mol. The molecular weight excluding hydrogens is 689 g/mol. The van der Waals surface area contributed by atoms with Crippen LogP contribution in [0.5, 0.6) is 0 Å². The Morgan fingerprint density at radius 1 is 0.298 bits per heavy atom. The van der Waals surface area contributed by atoms with Gasteiger partial charge in [-0.05, 0) is 85.0 Å². The Morgan fingerprint density at radius 3 is 1.32 bits per heavy atom. The molecule has 1 aliphatic carbocycles. The van der Waals surface area contributed by atoms with Crippen LogP contribution in [0.15, 0.2) is 206 Å². The third-order valence-electron chi connectivity index (χ3n) is 11.5. The standard InChI is InChI=1S/C55H40N2/c1-55(2)50-25-10-9-22-48(50)49-24-13-23-47(53(49)55)41-30-26-40(27-31-41)44-19-12-21-46(35-44)52-36-51(45-20-11-18-43(34-45)38-16-7-4-8-17-38)56-54(57-52)42-32-28-39(29-33-42)37-14-5-3-6-15-37/h3-36H,1-2H3. The highest BCUT2D eigenvalue weighted by Gasteiger charge is 2.37. The van der Waals surface area contributed by atoms with E-state index in [0.29, 0.717) is 5.82 Å². The third-order valence-corrected chi connectivity index (χ3v) is 11.5. The van der Waals surface area contributed by atoms with Crippen LogP contribution in [0.1, 0.15) is 25.0 Å². The van der Waals surface area contributed by atoms with E-state index < -0.39 is 0 Å². The van der Waals surface area contributed by atoms with Gasteiger partial charge in [0.15, 0.2) is 5.82 Å². The minimum absolute atomic E-state index is 0.0719. The summed E-state index contributed by atoms with van der Waals surface area (Å²) in [6.45, 7) is 4.70. The zero-order valence-corrected chi connectivity index (χ0v) is 32.0. The Kier molecular flexibility index (Phi) is 8.53. The van der Waals surface area contributed by atoms with Crippen LogP contribution in [0.25, 0.3) is 89.5 Å². The molecule has 2 heteroatoms. The van der Waals surface area contributed by atoms with Crippen LogP contribution in [0.2, 0.25) is 0 Å². The number of hydrogen-bond donors (Lipinski definition) is 0. The molecule has 0 atom stereocenters. The molecule has 1 aliphatic rings. The van der Waals surface area contributed by atoms with Crippen molar-refractivity contribution in [2.75, 3.05) is 0 Å². The molecule has 0 saturated carbocycles. The summed E-state index contributed by atoms with van der Waals surface area (Å²) in [5.74, 6) is 0.697. The molecule has 8 aromatic carbocycles. The molecule has 9 aromatic rings. The van der Waals surface area contributed by atoms with Gasteiger partial charge in [-0.15, -0.1) is 0 Å². The van der Waals surface area contributed by atoms with Crippen molar-refractivity contribution in [2.45, 2.75) is 19.3 Å². The highest BCUT2D eigenvalue weighted by Crippen LogP contribution is 2.52. The van der Waals surface area contributed by atoms with E-state index in [-0.39, 0.29) is 5.41 Å². The molecule has 1 aromatic heterocycles. The molecule has 0 N–H and O–H groups in total. The lowest BCUT2D eigenvalue weighted by molar-refractivity contribution is 0.662. The zero-order valence-electron chi connectivity index (χ0n) is 32.0. The molecular formula is C55H40N2. The maximum atomic E-state index is 5.22. The summed E-state index contributed by atoms with van der Waals surface area (Å²) in [6.07, 6.45) is 0. The number of aromatic nitrogens is 2. The summed E-state index contributed by atoms with van der Waals surface area (Å²) < 4.78 is 0. The van der Waals surface area contributed by atoms with Crippen molar-refractivity contribution in [3.63, 3.8) is 0 Å². The maximum Gasteiger partial charge on any atom is 0.160 e. The first kappa shape index (κ1) is 34.3. The van der Waals surface area contributed by atoms with E-state index in [1.807, 2.05) is 6.07 Å². The van der Waals surface area contributed by atoms with Gasteiger partial charge in [-0.1, -0.05) is 202 Å². The molecule has 1 heterocycles. The highest BCUT2D eigenvalue weighted by molar-refractivity contribution is 5.89. The normalized spacial score (nSPS) is 12.5. The predicted octanol–water partition coefficient (Wildman–Crippen LogP) is 14.5. The Bertz CT molecular complexity index is 2890. The van der Waals surface area contributed by atoms with Crippen LogP contribution >= 0.6 is 0 Å². The number of fused-ring (bicyclic) bond motifs is 3. The molecule has 270 valence electrons. The summed E-state index contributed by atoms with van der Waals surface area (Å²) in [6, 6.07) is 73.7. The molecule has 0 bridgehead atoms. The van der Waals surface area contributed by atoms with Gasteiger partial charge in [0.05, 0.1) is 11.4 Å². The highest BCUT2D eigenvalue weighted by atomic mass is 14.9. The van der Waals surface area contributed by atoms with Gasteiger partial charge in [0.25, 0.3) is 0 Å². The van der Waals surface area contributed by atoms with Gasteiger partial charge in [-0.25, -0.2) is 9.97 Å². The second-order valence-corrected chi connectivity index (χ2v) is 15.4. The smallest absolute Gasteiger partial charge is 0.160 e. The van der Waals surface area contributed by atoms with Crippen molar-refractivity contribution in [1.82, 2.24) is 9.97 Å². The fraction of sp³-hybridized carbons (Fsp3) is 0.0545. The summed E-state index contributed by atoms with van der Waals surface area (Å²) in [5, 5.41) is 0. The molecule has 0 saturated heterocycles. The number of hydrogen-bond acceptors (Lipinski definition) is 2. The summed E-state index contributed by atoms with van der Waals surface area (Å²) in [4.78, 5) is 10.4. The van der Waals surface area contributed by atoms with Gasteiger partial charge in [0.1, 0.15) is 0 Å². The van der Waals surface area contributed by atoms with Crippen molar-refractivity contribution >= 4 is 0 Å². The van der Waals surface area contributed by atoms with Crippen molar-refractivity contribution in [2.24, 2.45) is 0 Å². The lowest BCUT2D eigenvalue weighted by Gasteiger charge is -2.24. The van der Waals surface area contributed by atoms with Crippen LogP contribution in [-0.4, -0.2) is 9.97 Å². The first-order valence-electron chi connectivity index (χ1n) is 19.6. The molecule has 0 aliphatic heterocycles. The summed E-state index contributed by atoms with van der Waals surface area (Å²) in [7, 11) is 0. The Balaban J connectivity index is 1.03. The predicted molar refractivity (Wildman–Crippen MR) is 238 cm³/mol. The van der Waals surface area contributed by atoms with Crippen LogP contribution in [-0.2, 0) is 5.41 Å². The van der Waals surface area contributed by atoms with Gasteiger partial charge in [-0.3, -0.25) is 0 Å². The molecule has 0 unspecified atom stereocenters. The van der Waals surface area contributed by atoms with E-state index in [4.69, 9.17) is 9.97 Å². The zero-order chi connectivity index (χ0) is 38.3. The first-order chi connectivity index (χ1) is 28.0. The van der Waals surface area contributed by atoms with E-state index in [2.05, 4.69) is 214 Å². The van der Waals surface area contributed by atoms with Crippen LogP contribution in [0.4, 0.5) is 0 Å². The Hall–Kier alpha value is -7.16. The number of rotatable bonds is 7. The van der Waals surface area contributed by atoms with Crippen molar-refractivity contribution in [1.29, 1.82) is 0 Å². The minimum atomic E-state index is -0.0719. The molecule has 0 amide bonds. The van der Waals surface area contributed by atoms with E-state index in [1.165, 1.54) is 44.5 Å². The Morgan fingerprint density at radius 2 is 0.702 bits per heavy atom. The van der Waals surface area contributed by atoms with Crippen LogP contribution in [0.3, 0.4) is 0 Å². The topological polar surface area (TPSA) is 25.8 Å². The van der Waals surface area contributed by atoms with E-state index >= 15 is 0 Å². The van der Waals surface area contributed by atoms with Gasteiger partial charge >= 0.3 is 0 Å². The second-order valence-electron chi connectivity index (χ2n) is 15.4. The third kappa shape index (κ3) is 6.36. The van der Waals surface area contributed by atoms with Crippen molar-refractivity contribution in [3.05, 3.63) is 217 Å². The molecule has 0 radical (unpaired) electrons. The van der Waals surface area contributed by atoms with Crippen LogP contribution < -0.4 is 0 Å². The average molecular weight is 729 g/mol. The van der Waals surface area contributed by atoms with Gasteiger partial charge in [0, 0.05) is 22.1 Å². The van der Waals surface area contributed by atoms with E-state index in [1.54, 1.807) is 0 Å². The summed E-state index contributed by atoms with van der Waals surface area (Å²) >= 11 is 0. The average Bonchev–Trinajstić information content (AvgIpc) is 3.53. The largest absolute Gasteiger partial charge is 0.228 e. The molecule has 0 fully saturated rings.